The molecule has 0 aliphatic carbocycles. The Balaban J connectivity index is 2.60. The fraction of sp³-hybridized carbons (Fsp3) is 0.429. The molecule has 0 saturated heterocycles. The quantitative estimate of drug-likeness (QED) is 0.726. The topological polar surface area (TPSA) is 46.2 Å². The SMILES string of the molecule is NC(CCO)c1csc(F)c1. The summed E-state index contributed by atoms with van der Waals surface area (Å²) in [7, 11) is 0. The zero-order chi connectivity index (χ0) is 8.27. The third kappa shape index (κ3) is 2.25. The lowest BCUT2D eigenvalue weighted by molar-refractivity contribution is 0.276. The van der Waals surface area contributed by atoms with Crippen molar-refractivity contribution in [3.8, 4) is 0 Å². The van der Waals surface area contributed by atoms with Gasteiger partial charge in [0, 0.05) is 12.6 Å². The molecule has 0 radical (unpaired) electrons. The number of rotatable bonds is 3. The van der Waals surface area contributed by atoms with Crippen LogP contribution in [0.1, 0.15) is 18.0 Å². The van der Waals surface area contributed by atoms with Crippen molar-refractivity contribution >= 4 is 11.3 Å². The first kappa shape index (κ1) is 8.64. The summed E-state index contributed by atoms with van der Waals surface area (Å²) >= 11 is 1.03. The molecule has 1 aromatic heterocycles. The average Bonchev–Trinajstić information content (AvgIpc) is 2.36. The van der Waals surface area contributed by atoms with Gasteiger partial charge in [0.05, 0.1) is 0 Å². The first-order valence-electron chi connectivity index (χ1n) is 3.34. The van der Waals surface area contributed by atoms with E-state index in [0.29, 0.717) is 6.42 Å². The van der Waals surface area contributed by atoms with Crippen LogP contribution in [0.4, 0.5) is 4.39 Å². The highest BCUT2D eigenvalue weighted by atomic mass is 32.1. The molecule has 0 saturated carbocycles. The highest BCUT2D eigenvalue weighted by Crippen LogP contribution is 2.19. The Bertz CT molecular complexity index is 226. The molecule has 0 spiro atoms. The number of nitrogens with two attached hydrogens (primary N) is 1. The van der Waals surface area contributed by atoms with Crippen molar-refractivity contribution in [2.45, 2.75) is 12.5 Å². The molecule has 1 heterocycles. The summed E-state index contributed by atoms with van der Waals surface area (Å²) < 4.78 is 12.4. The molecule has 1 rings (SSSR count). The maximum atomic E-state index is 12.4. The Hall–Kier alpha value is -0.450. The van der Waals surface area contributed by atoms with Gasteiger partial charge in [-0.15, -0.1) is 11.3 Å². The van der Waals surface area contributed by atoms with Gasteiger partial charge in [0.1, 0.15) is 0 Å². The van der Waals surface area contributed by atoms with E-state index < -0.39 is 0 Å². The second kappa shape index (κ2) is 3.80. The molecule has 3 N–H and O–H groups in total. The highest BCUT2D eigenvalue weighted by molar-refractivity contribution is 7.08. The van der Waals surface area contributed by atoms with Gasteiger partial charge in [0.2, 0.25) is 0 Å². The van der Waals surface area contributed by atoms with Gasteiger partial charge in [-0.05, 0) is 23.4 Å². The number of aliphatic hydroxyl groups excluding tert-OH is 1. The molecule has 62 valence electrons. The van der Waals surface area contributed by atoms with Crippen LogP contribution in [0.3, 0.4) is 0 Å². The number of thiophene rings is 1. The zero-order valence-electron chi connectivity index (χ0n) is 5.96. The second-order valence-electron chi connectivity index (χ2n) is 2.30. The number of hydrogen-bond donors (Lipinski definition) is 2. The van der Waals surface area contributed by atoms with E-state index in [4.69, 9.17) is 10.8 Å². The largest absolute Gasteiger partial charge is 0.396 e. The summed E-state index contributed by atoms with van der Waals surface area (Å²) in [5, 5.41) is 9.98. The molecule has 11 heavy (non-hydrogen) atoms. The van der Waals surface area contributed by atoms with Crippen molar-refractivity contribution in [1.29, 1.82) is 0 Å². The third-order valence-corrected chi connectivity index (χ3v) is 2.19. The lowest BCUT2D eigenvalue weighted by Crippen LogP contribution is -2.10. The van der Waals surface area contributed by atoms with Crippen molar-refractivity contribution in [1.82, 2.24) is 0 Å². The molecule has 1 atom stereocenters. The lowest BCUT2D eigenvalue weighted by Gasteiger charge is -2.05. The Kier molecular flexibility index (Phi) is 2.99. The van der Waals surface area contributed by atoms with E-state index in [-0.39, 0.29) is 17.8 Å². The highest BCUT2D eigenvalue weighted by Gasteiger charge is 2.07. The van der Waals surface area contributed by atoms with Crippen LogP contribution in [0.25, 0.3) is 0 Å². The molecule has 0 fully saturated rings. The van der Waals surface area contributed by atoms with Crippen molar-refractivity contribution < 1.29 is 9.50 Å². The van der Waals surface area contributed by atoms with E-state index in [1.165, 1.54) is 6.07 Å². The Morgan fingerprint density at radius 2 is 2.45 bits per heavy atom. The molecule has 0 aliphatic heterocycles. The number of hydrogen-bond acceptors (Lipinski definition) is 3. The smallest absolute Gasteiger partial charge is 0.176 e. The van der Waals surface area contributed by atoms with Crippen LogP contribution in [0, 0.1) is 5.13 Å². The first-order chi connectivity index (χ1) is 5.24. The summed E-state index contributed by atoms with van der Waals surface area (Å²) in [5.41, 5.74) is 6.36. The van der Waals surface area contributed by atoms with E-state index in [1.807, 2.05) is 0 Å². The minimum Gasteiger partial charge on any atom is -0.396 e. The van der Waals surface area contributed by atoms with Crippen molar-refractivity contribution in [3.63, 3.8) is 0 Å². The van der Waals surface area contributed by atoms with Crippen LogP contribution in [0.5, 0.6) is 0 Å². The van der Waals surface area contributed by atoms with Crippen LogP contribution in [-0.4, -0.2) is 11.7 Å². The van der Waals surface area contributed by atoms with E-state index in [1.54, 1.807) is 5.38 Å². The molecule has 0 aromatic carbocycles. The van der Waals surface area contributed by atoms with Gasteiger partial charge in [0.25, 0.3) is 0 Å². The summed E-state index contributed by atoms with van der Waals surface area (Å²) in [6.45, 7) is 0.0403. The van der Waals surface area contributed by atoms with Gasteiger partial charge in [-0.25, -0.2) is 0 Å². The molecule has 1 aromatic rings. The van der Waals surface area contributed by atoms with Crippen LogP contribution in [-0.2, 0) is 0 Å². The Morgan fingerprint density at radius 3 is 2.91 bits per heavy atom. The summed E-state index contributed by atoms with van der Waals surface area (Å²) in [6.07, 6.45) is 0.482. The monoisotopic (exact) mass is 175 g/mol. The minimum atomic E-state index is -0.235. The molecule has 1 unspecified atom stereocenters. The summed E-state index contributed by atoms with van der Waals surface area (Å²) in [5.74, 6) is 0. The van der Waals surface area contributed by atoms with Gasteiger partial charge in [0.15, 0.2) is 5.13 Å². The molecule has 4 heteroatoms. The normalized spacial score (nSPS) is 13.4. The maximum Gasteiger partial charge on any atom is 0.176 e. The molecule has 2 nitrogen and oxygen atoms in total. The maximum absolute atomic E-state index is 12.4. The van der Waals surface area contributed by atoms with Crippen LogP contribution in [0.15, 0.2) is 11.4 Å². The summed E-state index contributed by atoms with van der Waals surface area (Å²) in [4.78, 5) is 0. The van der Waals surface area contributed by atoms with Gasteiger partial charge < -0.3 is 10.8 Å². The number of halogens is 1. The summed E-state index contributed by atoms with van der Waals surface area (Å²) in [6, 6.07) is 1.17. The minimum absolute atomic E-state index is 0.0403. The zero-order valence-corrected chi connectivity index (χ0v) is 6.77. The van der Waals surface area contributed by atoms with Crippen molar-refractivity contribution in [2.75, 3.05) is 6.61 Å². The van der Waals surface area contributed by atoms with Crippen LogP contribution >= 0.6 is 11.3 Å². The lowest BCUT2D eigenvalue weighted by atomic mass is 10.1. The second-order valence-corrected chi connectivity index (χ2v) is 3.16. The molecule has 0 aliphatic rings. The predicted molar refractivity (Wildman–Crippen MR) is 42.9 cm³/mol. The molecule has 0 amide bonds. The fourth-order valence-electron chi connectivity index (χ4n) is 0.824. The molecule has 0 bridgehead atoms. The van der Waals surface area contributed by atoms with Crippen molar-refractivity contribution in [2.24, 2.45) is 5.73 Å². The van der Waals surface area contributed by atoms with Crippen LogP contribution < -0.4 is 5.73 Å². The average molecular weight is 175 g/mol. The standard InChI is InChI=1S/C7H10FNOS/c8-7-3-5(4-11-7)6(9)1-2-10/h3-4,6,10H,1-2,9H2. The van der Waals surface area contributed by atoms with E-state index in [9.17, 15) is 4.39 Å². The van der Waals surface area contributed by atoms with Gasteiger partial charge in [-0.3, -0.25) is 0 Å². The van der Waals surface area contributed by atoms with E-state index in [2.05, 4.69) is 0 Å². The van der Waals surface area contributed by atoms with Crippen molar-refractivity contribution in [3.05, 3.63) is 22.1 Å². The Labute approximate surface area is 68.5 Å². The molecular formula is C7H10FNOS. The Morgan fingerprint density at radius 1 is 1.73 bits per heavy atom. The first-order valence-corrected chi connectivity index (χ1v) is 4.22. The third-order valence-electron chi connectivity index (χ3n) is 1.46. The molecular weight excluding hydrogens is 165 g/mol. The van der Waals surface area contributed by atoms with E-state index >= 15 is 0 Å². The van der Waals surface area contributed by atoms with Crippen LogP contribution in [0.2, 0.25) is 0 Å². The predicted octanol–water partition coefficient (Wildman–Crippen LogP) is 1.27. The van der Waals surface area contributed by atoms with Gasteiger partial charge >= 0.3 is 0 Å². The van der Waals surface area contributed by atoms with Gasteiger partial charge in [-0.2, -0.15) is 4.39 Å². The fourth-order valence-corrected chi connectivity index (χ4v) is 1.52. The number of aliphatic hydroxyl groups is 1. The van der Waals surface area contributed by atoms with E-state index in [0.717, 1.165) is 16.9 Å². The van der Waals surface area contributed by atoms with Gasteiger partial charge in [-0.1, -0.05) is 0 Å².